The number of likely N-dealkylation sites (N-methyl/N-ethyl adjacent to an activating group) is 1. The van der Waals surface area contributed by atoms with Gasteiger partial charge >= 0.3 is 0 Å². The second-order valence-corrected chi connectivity index (χ2v) is 8.27. The Hall–Kier alpha value is -3.58. The lowest BCUT2D eigenvalue weighted by Crippen LogP contribution is -2.47. The molecule has 1 saturated heterocycles. The summed E-state index contributed by atoms with van der Waals surface area (Å²) >= 11 is 0. The molecule has 5 rings (SSSR count). The van der Waals surface area contributed by atoms with Gasteiger partial charge in [-0.25, -0.2) is 4.98 Å². The number of carbonyl (C=O) groups excluding carboxylic acids is 1. The molecular weight excluding hydrogens is 402 g/mol. The smallest absolute Gasteiger partial charge is 0.289 e. The van der Waals surface area contributed by atoms with Crippen LogP contribution < -0.4 is 5.32 Å². The summed E-state index contributed by atoms with van der Waals surface area (Å²) in [5.41, 5.74) is 4.07. The van der Waals surface area contributed by atoms with E-state index in [-0.39, 0.29) is 5.91 Å². The Morgan fingerprint density at radius 2 is 1.72 bits per heavy atom. The van der Waals surface area contributed by atoms with Crippen molar-refractivity contribution in [2.45, 2.75) is 6.54 Å². The summed E-state index contributed by atoms with van der Waals surface area (Å²) in [5.74, 6) is 2.04. The van der Waals surface area contributed by atoms with Gasteiger partial charge in [-0.1, -0.05) is 12.1 Å². The van der Waals surface area contributed by atoms with Gasteiger partial charge in [0.2, 0.25) is 0 Å². The summed E-state index contributed by atoms with van der Waals surface area (Å²) < 4.78 is 8.00. The fraction of sp³-hybridized carbons (Fsp3) is 0.280. The van der Waals surface area contributed by atoms with Gasteiger partial charge in [-0.05, 0) is 55.6 Å². The van der Waals surface area contributed by atoms with E-state index >= 15 is 0 Å². The standard InChI is InChI=1S/C25H27N5O2/c1-28-13-15-30(16-14-28)25(31)23-12-11-22(32-23)18-7-9-19(10-8-18)26-17-24-27-20-5-3-4-6-21(20)29(24)2/h3-12,26H,13-17H2,1-2H3. The topological polar surface area (TPSA) is 66.5 Å². The molecule has 0 aliphatic carbocycles. The third-order valence-corrected chi connectivity index (χ3v) is 6.11. The molecule has 1 N–H and O–H groups in total. The maximum atomic E-state index is 12.7. The van der Waals surface area contributed by atoms with Crippen molar-refractivity contribution in [3.63, 3.8) is 0 Å². The molecule has 1 aliphatic rings. The fourth-order valence-corrected chi connectivity index (χ4v) is 4.06. The van der Waals surface area contributed by atoms with Crippen LogP contribution in [-0.4, -0.2) is 58.5 Å². The van der Waals surface area contributed by atoms with Crippen LogP contribution in [0, 0.1) is 0 Å². The Balaban J connectivity index is 1.24. The number of rotatable bonds is 5. The van der Waals surface area contributed by atoms with E-state index < -0.39 is 0 Å². The van der Waals surface area contributed by atoms with Crippen LogP contribution in [0.25, 0.3) is 22.4 Å². The van der Waals surface area contributed by atoms with Gasteiger partial charge in [-0.3, -0.25) is 4.79 Å². The lowest BCUT2D eigenvalue weighted by atomic mass is 10.1. The molecule has 2 aromatic carbocycles. The number of carbonyl (C=O) groups is 1. The Morgan fingerprint density at radius 1 is 0.969 bits per heavy atom. The maximum absolute atomic E-state index is 12.7. The second kappa shape index (κ2) is 8.51. The van der Waals surface area contributed by atoms with Crippen LogP contribution in [0.5, 0.6) is 0 Å². The zero-order valence-electron chi connectivity index (χ0n) is 18.4. The highest BCUT2D eigenvalue weighted by atomic mass is 16.4. The van der Waals surface area contributed by atoms with Crippen molar-refractivity contribution in [1.29, 1.82) is 0 Å². The largest absolute Gasteiger partial charge is 0.451 e. The number of aromatic nitrogens is 2. The van der Waals surface area contributed by atoms with Crippen LogP contribution in [0.15, 0.2) is 65.1 Å². The molecule has 4 aromatic rings. The molecule has 0 saturated carbocycles. The number of nitrogens with one attached hydrogen (secondary N) is 1. The first-order valence-electron chi connectivity index (χ1n) is 10.9. The Morgan fingerprint density at radius 3 is 2.47 bits per heavy atom. The lowest BCUT2D eigenvalue weighted by Gasteiger charge is -2.31. The Kier molecular flexibility index (Phi) is 5.41. The summed E-state index contributed by atoms with van der Waals surface area (Å²) in [6, 6.07) is 19.8. The van der Waals surface area contributed by atoms with E-state index in [4.69, 9.17) is 9.40 Å². The van der Waals surface area contributed by atoms with E-state index in [0.29, 0.717) is 18.1 Å². The zero-order valence-corrected chi connectivity index (χ0v) is 18.4. The number of anilines is 1. The first kappa shape index (κ1) is 20.3. The summed E-state index contributed by atoms with van der Waals surface area (Å²) in [7, 11) is 4.11. The van der Waals surface area contributed by atoms with Gasteiger partial charge in [0.25, 0.3) is 5.91 Å². The van der Waals surface area contributed by atoms with Crippen molar-refractivity contribution >= 4 is 22.6 Å². The van der Waals surface area contributed by atoms with E-state index in [1.54, 1.807) is 6.07 Å². The van der Waals surface area contributed by atoms with Crippen LogP contribution in [0.2, 0.25) is 0 Å². The lowest BCUT2D eigenvalue weighted by molar-refractivity contribution is 0.0633. The molecule has 0 radical (unpaired) electrons. The zero-order chi connectivity index (χ0) is 22.1. The SMILES string of the molecule is CN1CCN(C(=O)c2ccc(-c3ccc(NCc4nc5ccccc5n4C)cc3)o2)CC1. The molecule has 2 aromatic heterocycles. The number of nitrogens with zero attached hydrogens (tertiary/aromatic N) is 4. The average molecular weight is 430 g/mol. The van der Waals surface area contributed by atoms with Crippen LogP contribution in [0.3, 0.4) is 0 Å². The molecule has 1 aliphatic heterocycles. The fourth-order valence-electron chi connectivity index (χ4n) is 4.06. The molecule has 0 atom stereocenters. The highest BCUT2D eigenvalue weighted by Crippen LogP contribution is 2.25. The Labute approximate surface area is 187 Å². The van der Waals surface area contributed by atoms with Gasteiger partial charge in [0.05, 0.1) is 17.6 Å². The molecule has 7 nitrogen and oxygen atoms in total. The number of hydrogen-bond acceptors (Lipinski definition) is 5. The van der Waals surface area contributed by atoms with Crippen molar-refractivity contribution in [2.75, 3.05) is 38.5 Å². The number of imidazole rings is 1. The van der Waals surface area contributed by atoms with E-state index in [2.05, 4.69) is 27.9 Å². The second-order valence-electron chi connectivity index (χ2n) is 8.27. The van der Waals surface area contributed by atoms with Crippen molar-refractivity contribution in [1.82, 2.24) is 19.4 Å². The van der Waals surface area contributed by atoms with Crippen LogP contribution in [0.1, 0.15) is 16.4 Å². The van der Waals surface area contributed by atoms with Gasteiger partial charge in [-0.15, -0.1) is 0 Å². The first-order valence-corrected chi connectivity index (χ1v) is 10.9. The van der Waals surface area contributed by atoms with Crippen molar-refractivity contribution < 1.29 is 9.21 Å². The number of furan rings is 1. The van der Waals surface area contributed by atoms with Crippen molar-refractivity contribution in [3.8, 4) is 11.3 Å². The summed E-state index contributed by atoms with van der Waals surface area (Å²) in [4.78, 5) is 21.5. The van der Waals surface area contributed by atoms with E-state index in [9.17, 15) is 4.79 Å². The van der Waals surface area contributed by atoms with Gasteiger partial charge < -0.3 is 24.1 Å². The van der Waals surface area contributed by atoms with E-state index in [1.165, 1.54) is 0 Å². The van der Waals surface area contributed by atoms with Crippen LogP contribution in [-0.2, 0) is 13.6 Å². The Bertz CT molecular complexity index is 1230. The molecule has 1 amide bonds. The number of amides is 1. The number of benzene rings is 2. The highest BCUT2D eigenvalue weighted by molar-refractivity contribution is 5.92. The van der Waals surface area contributed by atoms with Crippen molar-refractivity contribution in [3.05, 3.63) is 72.2 Å². The summed E-state index contributed by atoms with van der Waals surface area (Å²) in [5, 5.41) is 3.43. The van der Waals surface area contributed by atoms with Crippen LogP contribution in [0.4, 0.5) is 5.69 Å². The average Bonchev–Trinajstić information content (AvgIpc) is 3.44. The summed E-state index contributed by atoms with van der Waals surface area (Å²) in [6.07, 6.45) is 0. The molecule has 0 bridgehead atoms. The van der Waals surface area contributed by atoms with Gasteiger partial charge in [-0.2, -0.15) is 0 Å². The predicted molar refractivity (Wildman–Crippen MR) is 126 cm³/mol. The third kappa shape index (κ3) is 3.99. The first-order chi connectivity index (χ1) is 15.6. The minimum atomic E-state index is -0.0370. The van der Waals surface area contributed by atoms with E-state index in [1.807, 2.05) is 60.5 Å². The van der Waals surface area contributed by atoms with Crippen LogP contribution >= 0.6 is 0 Å². The number of fused-ring (bicyclic) bond motifs is 1. The normalized spacial score (nSPS) is 14.8. The quantitative estimate of drug-likeness (QED) is 0.522. The minimum absolute atomic E-state index is 0.0370. The predicted octanol–water partition coefficient (Wildman–Crippen LogP) is 3.83. The molecule has 1 fully saturated rings. The monoisotopic (exact) mass is 429 g/mol. The highest BCUT2D eigenvalue weighted by Gasteiger charge is 2.23. The van der Waals surface area contributed by atoms with Gasteiger partial charge in [0, 0.05) is 44.5 Å². The van der Waals surface area contributed by atoms with E-state index in [0.717, 1.165) is 54.3 Å². The molecule has 164 valence electrons. The van der Waals surface area contributed by atoms with Crippen molar-refractivity contribution in [2.24, 2.45) is 7.05 Å². The molecule has 32 heavy (non-hydrogen) atoms. The number of piperazine rings is 1. The van der Waals surface area contributed by atoms with Gasteiger partial charge in [0.1, 0.15) is 11.6 Å². The number of para-hydroxylation sites is 2. The molecule has 3 heterocycles. The number of hydrogen-bond donors (Lipinski definition) is 1. The molecule has 7 heteroatoms. The minimum Gasteiger partial charge on any atom is -0.451 e. The third-order valence-electron chi connectivity index (χ3n) is 6.11. The summed E-state index contributed by atoms with van der Waals surface area (Å²) in [6.45, 7) is 3.88. The van der Waals surface area contributed by atoms with Gasteiger partial charge in [0.15, 0.2) is 5.76 Å². The molecule has 0 spiro atoms. The molecule has 0 unspecified atom stereocenters. The number of aryl methyl sites for hydroxylation is 1. The molecular formula is C25H27N5O2. The maximum Gasteiger partial charge on any atom is 0.289 e.